The Bertz CT molecular complexity index is 882. The molecule has 0 spiro atoms. The molecule has 1 aliphatic rings. The van der Waals surface area contributed by atoms with Gasteiger partial charge in [-0.3, -0.25) is 9.59 Å². The highest BCUT2D eigenvalue weighted by molar-refractivity contribution is 6.35. The fourth-order valence-corrected chi connectivity index (χ4v) is 3.46. The van der Waals surface area contributed by atoms with E-state index < -0.39 is 0 Å². The molecule has 1 heterocycles. The molecule has 0 atom stereocenters. The van der Waals surface area contributed by atoms with Crippen molar-refractivity contribution in [3.05, 3.63) is 58.7 Å². The van der Waals surface area contributed by atoms with Crippen molar-refractivity contribution in [2.75, 3.05) is 10.6 Å². The minimum atomic E-state index is -0.306. The zero-order chi connectivity index (χ0) is 19.4. The van der Waals surface area contributed by atoms with Crippen LogP contribution in [-0.4, -0.2) is 11.8 Å². The van der Waals surface area contributed by atoms with Crippen LogP contribution in [0.4, 0.5) is 11.4 Å². The SMILES string of the molecule is CC(C)(C)c1cccc(C(C)(C)C)c1N1C(=O)c2ccc(N)cc2C1=O. The predicted octanol–water partition coefficient (Wildman–Crippen LogP) is 4.66. The number of amides is 2. The predicted molar refractivity (Wildman–Crippen MR) is 106 cm³/mol. The number of hydrogen-bond acceptors (Lipinski definition) is 3. The summed E-state index contributed by atoms with van der Waals surface area (Å²) in [5.74, 6) is -0.591. The molecule has 0 bridgehead atoms. The second kappa shape index (κ2) is 5.70. The summed E-state index contributed by atoms with van der Waals surface area (Å²) in [6, 6.07) is 10.9. The van der Waals surface area contributed by atoms with Gasteiger partial charge in [-0.2, -0.15) is 0 Å². The average Bonchev–Trinajstić information content (AvgIpc) is 2.75. The number of carbonyl (C=O) groups excluding carboxylic acids is 2. The molecule has 0 aromatic heterocycles. The van der Waals surface area contributed by atoms with Crippen LogP contribution in [-0.2, 0) is 10.8 Å². The quantitative estimate of drug-likeness (QED) is 0.601. The van der Waals surface area contributed by atoms with E-state index in [1.807, 2.05) is 18.2 Å². The monoisotopic (exact) mass is 350 g/mol. The molecule has 26 heavy (non-hydrogen) atoms. The fraction of sp³-hybridized carbons (Fsp3) is 0.364. The van der Waals surface area contributed by atoms with E-state index in [2.05, 4.69) is 41.5 Å². The third kappa shape index (κ3) is 2.79. The van der Waals surface area contributed by atoms with Gasteiger partial charge < -0.3 is 5.73 Å². The van der Waals surface area contributed by atoms with Gasteiger partial charge in [0.05, 0.1) is 16.8 Å². The molecule has 3 rings (SSSR count). The molecule has 2 aromatic carbocycles. The van der Waals surface area contributed by atoms with Gasteiger partial charge in [-0.25, -0.2) is 4.90 Å². The molecule has 136 valence electrons. The van der Waals surface area contributed by atoms with Gasteiger partial charge in [-0.05, 0) is 40.2 Å². The van der Waals surface area contributed by atoms with Crippen LogP contribution < -0.4 is 10.6 Å². The number of carbonyl (C=O) groups is 2. The van der Waals surface area contributed by atoms with Crippen molar-refractivity contribution in [1.29, 1.82) is 0 Å². The van der Waals surface area contributed by atoms with Crippen LogP contribution in [0.1, 0.15) is 73.4 Å². The van der Waals surface area contributed by atoms with E-state index in [0.29, 0.717) is 22.5 Å². The van der Waals surface area contributed by atoms with E-state index in [1.54, 1.807) is 18.2 Å². The van der Waals surface area contributed by atoms with Gasteiger partial charge in [0, 0.05) is 5.69 Å². The minimum absolute atomic E-state index is 0.217. The highest BCUT2D eigenvalue weighted by Crippen LogP contribution is 2.43. The van der Waals surface area contributed by atoms with Crippen molar-refractivity contribution in [2.24, 2.45) is 0 Å². The van der Waals surface area contributed by atoms with Crippen LogP contribution in [0.3, 0.4) is 0 Å². The van der Waals surface area contributed by atoms with E-state index in [-0.39, 0.29) is 22.6 Å². The van der Waals surface area contributed by atoms with Crippen LogP contribution in [0.5, 0.6) is 0 Å². The summed E-state index contributed by atoms with van der Waals surface area (Å²) in [6.07, 6.45) is 0. The molecule has 2 amide bonds. The highest BCUT2D eigenvalue weighted by Gasteiger charge is 2.41. The lowest BCUT2D eigenvalue weighted by molar-refractivity contribution is 0.0925. The summed E-state index contributed by atoms with van der Waals surface area (Å²) in [7, 11) is 0. The topological polar surface area (TPSA) is 63.4 Å². The van der Waals surface area contributed by atoms with E-state index in [9.17, 15) is 9.59 Å². The molecule has 4 nitrogen and oxygen atoms in total. The Morgan fingerprint density at radius 1 is 0.769 bits per heavy atom. The number of imide groups is 1. The molecule has 0 fully saturated rings. The van der Waals surface area contributed by atoms with Crippen LogP contribution in [0.25, 0.3) is 0 Å². The molecule has 0 radical (unpaired) electrons. The Hall–Kier alpha value is -2.62. The molecule has 2 N–H and O–H groups in total. The Kier molecular flexibility index (Phi) is 3.98. The van der Waals surface area contributed by atoms with Crippen LogP contribution >= 0.6 is 0 Å². The van der Waals surface area contributed by atoms with Crippen molar-refractivity contribution in [2.45, 2.75) is 52.4 Å². The molecule has 4 heteroatoms. The maximum absolute atomic E-state index is 13.2. The molecular weight excluding hydrogens is 324 g/mol. The maximum atomic E-state index is 13.2. The van der Waals surface area contributed by atoms with E-state index in [1.165, 1.54) is 4.90 Å². The summed E-state index contributed by atoms with van der Waals surface area (Å²) < 4.78 is 0. The highest BCUT2D eigenvalue weighted by atomic mass is 16.2. The molecule has 0 aliphatic carbocycles. The number of nitrogens with zero attached hydrogens (tertiary/aromatic N) is 1. The first-order chi connectivity index (χ1) is 11.9. The zero-order valence-electron chi connectivity index (χ0n) is 16.3. The number of hydrogen-bond donors (Lipinski definition) is 1. The van der Waals surface area contributed by atoms with Crippen molar-refractivity contribution in [3.63, 3.8) is 0 Å². The summed E-state index contributed by atoms with van der Waals surface area (Å²) in [4.78, 5) is 27.6. The van der Waals surface area contributed by atoms with Crippen molar-refractivity contribution in [3.8, 4) is 0 Å². The first-order valence-corrected chi connectivity index (χ1v) is 8.85. The molecule has 1 aliphatic heterocycles. The lowest BCUT2D eigenvalue weighted by atomic mass is 9.78. The normalized spacial score (nSPS) is 14.8. The molecular formula is C22H26N2O2. The maximum Gasteiger partial charge on any atom is 0.266 e. The molecule has 2 aromatic rings. The first kappa shape index (κ1) is 18.2. The number of para-hydroxylation sites is 1. The van der Waals surface area contributed by atoms with Crippen molar-refractivity contribution >= 4 is 23.2 Å². The van der Waals surface area contributed by atoms with Gasteiger partial charge in [0.1, 0.15) is 0 Å². The van der Waals surface area contributed by atoms with Gasteiger partial charge in [0.2, 0.25) is 0 Å². The Balaban J connectivity index is 2.31. The van der Waals surface area contributed by atoms with Crippen LogP contribution in [0, 0.1) is 0 Å². The van der Waals surface area contributed by atoms with Crippen LogP contribution in [0.15, 0.2) is 36.4 Å². The number of nitrogens with two attached hydrogens (primary N) is 1. The van der Waals surface area contributed by atoms with E-state index >= 15 is 0 Å². The smallest absolute Gasteiger partial charge is 0.266 e. The van der Waals surface area contributed by atoms with Crippen molar-refractivity contribution < 1.29 is 9.59 Å². The first-order valence-electron chi connectivity index (χ1n) is 8.85. The molecule has 0 saturated heterocycles. The fourth-order valence-electron chi connectivity index (χ4n) is 3.46. The average molecular weight is 350 g/mol. The van der Waals surface area contributed by atoms with Gasteiger partial charge in [0.15, 0.2) is 0 Å². The minimum Gasteiger partial charge on any atom is -0.399 e. The van der Waals surface area contributed by atoms with E-state index in [0.717, 1.165) is 11.1 Å². The lowest BCUT2D eigenvalue weighted by Gasteiger charge is -2.33. The van der Waals surface area contributed by atoms with Crippen LogP contribution in [0.2, 0.25) is 0 Å². The second-order valence-corrected chi connectivity index (χ2v) is 8.95. The summed E-state index contributed by atoms with van der Waals surface area (Å²) in [5.41, 5.74) is 9.33. The van der Waals surface area contributed by atoms with E-state index in [4.69, 9.17) is 5.73 Å². The van der Waals surface area contributed by atoms with Gasteiger partial charge in [0.25, 0.3) is 11.8 Å². The third-order valence-corrected chi connectivity index (χ3v) is 4.79. The van der Waals surface area contributed by atoms with Gasteiger partial charge in [-0.15, -0.1) is 0 Å². The summed E-state index contributed by atoms with van der Waals surface area (Å²) >= 11 is 0. The standard InChI is InChI=1S/C22H26N2O2/c1-21(2,3)16-8-7-9-17(22(4,5)6)18(16)24-19(25)14-11-10-13(23)12-15(14)20(24)26/h7-12H,23H2,1-6H3. The van der Waals surface area contributed by atoms with Gasteiger partial charge >= 0.3 is 0 Å². The second-order valence-electron chi connectivity index (χ2n) is 8.95. The number of fused-ring (bicyclic) bond motifs is 1. The third-order valence-electron chi connectivity index (χ3n) is 4.79. The van der Waals surface area contributed by atoms with Crippen molar-refractivity contribution in [1.82, 2.24) is 0 Å². The number of nitrogen functional groups attached to an aromatic ring is 1. The Morgan fingerprint density at radius 2 is 1.27 bits per heavy atom. The molecule has 0 unspecified atom stereocenters. The number of anilines is 2. The Morgan fingerprint density at radius 3 is 1.77 bits per heavy atom. The Labute approximate surface area is 155 Å². The molecule has 0 saturated carbocycles. The largest absolute Gasteiger partial charge is 0.399 e. The number of rotatable bonds is 1. The number of benzene rings is 2. The van der Waals surface area contributed by atoms with Gasteiger partial charge in [-0.1, -0.05) is 59.7 Å². The zero-order valence-corrected chi connectivity index (χ0v) is 16.3. The summed E-state index contributed by atoms with van der Waals surface area (Å²) in [6.45, 7) is 12.6. The lowest BCUT2D eigenvalue weighted by Crippen LogP contribution is -2.34. The summed E-state index contributed by atoms with van der Waals surface area (Å²) in [5, 5.41) is 0.